The third-order valence-corrected chi connectivity index (χ3v) is 2.72. The average molecular weight is 171 g/mol. The van der Waals surface area contributed by atoms with Crippen LogP contribution in [0.2, 0.25) is 5.02 Å². The van der Waals surface area contributed by atoms with Crippen molar-refractivity contribution in [3.63, 3.8) is 0 Å². The van der Waals surface area contributed by atoms with Gasteiger partial charge in [-0.15, -0.1) is 0 Å². The second-order valence-electron chi connectivity index (χ2n) is 3.18. The first-order valence-electron chi connectivity index (χ1n) is 3.97. The zero-order valence-corrected chi connectivity index (χ0v) is 7.30. The molecule has 1 saturated carbocycles. The quantitative estimate of drug-likeness (QED) is 0.667. The van der Waals surface area contributed by atoms with E-state index in [0.717, 1.165) is 11.4 Å². The van der Waals surface area contributed by atoms with Crippen LogP contribution in [0.5, 0.6) is 0 Å². The maximum atomic E-state index is 5.77. The molecule has 1 fully saturated rings. The summed E-state index contributed by atoms with van der Waals surface area (Å²) in [6.45, 7) is 2.20. The molecule has 60 valence electrons. The van der Waals surface area contributed by atoms with Crippen molar-refractivity contribution in [2.24, 2.45) is 0 Å². The molecule has 0 aromatic carbocycles. The van der Waals surface area contributed by atoms with Gasteiger partial charge in [0.2, 0.25) is 0 Å². The molecule has 3 heteroatoms. The zero-order chi connectivity index (χ0) is 7.90. The van der Waals surface area contributed by atoms with Crippen LogP contribution in [-0.4, -0.2) is 9.78 Å². The Labute approximate surface area is 71.2 Å². The summed E-state index contributed by atoms with van der Waals surface area (Å²) in [4.78, 5) is 0. The SMILES string of the molecule is CCC1(n2cc(Cl)cn2)CC1. The van der Waals surface area contributed by atoms with E-state index in [2.05, 4.69) is 12.0 Å². The van der Waals surface area contributed by atoms with Crippen LogP contribution < -0.4 is 0 Å². The summed E-state index contributed by atoms with van der Waals surface area (Å²) in [5.41, 5.74) is 0.327. The highest BCUT2D eigenvalue weighted by atomic mass is 35.5. The van der Waals surface area contributed by atoms with Crippen molar-refractivity contribution in [3.8, 4) is 0 Å². The Bertz CT molecular complexity index is 263. The fourth-order valence-corrected chi connectivity index (χ4v) is 1.59. The summed E-state index contributed by atoms with van der Waals surface area (Å²) in [6.07, 6.45) is 7.28. The van der Waals surface area contributed by atoms with Crippen LogP contribution in [0.1, 0.15) is 26.2 Å². The maximum absolute atomic E-state index is 5.77. The molecule has 0 unspecified atom stereocenters. The molecule has 0 atom stereocenters. The number of hydrogen-bond acceptors (Lipinski definition) is 1. The smallest absolute Gasteiger partial charge is 0.0785 e. The third-order valence-electron chi connectivity index (χ3n) is 2.52. The van der Waals surface area contributed by atoms with Crippen molar-refractivity contribution in [2.45, 2.75) is 31.7 Å². The summed E-state index contributed by atoms with van der Waals surface area (Å²) in [5.74, 6) is 0. The highest BCUT2D eigenvalue weighted by Crippen LogP contribution is 2.45. The van der Waals surface area contributed by atoms with Gasteiger partial charge in [0.05, 0.1) is 16.8 Å². The predicted molar refractivity (Wildman–Crippen MR) is 44.7 cm³/mol. The number of hydrogen-bond donors (Lipinski definition) is 0. The monoisotopic (exact) mass is 170 g/mol. The van der Waals surface area contributed by atoms with Gasteiger partial charge < -0.3 is 0 Å². The molecule has 1 aromatic heterocycles. The van der Waals surface area contributed by atoms with Crippen LogP contribution in [0.15, 0.2) is 12.4 Å². The van der Waals surface area contributed by atoms with Gasteiger partial charge in [-0.3, -0.25) is 4.68 Å². The number of halogens is 1. The number of nitrogens with zero attached hydrogens (tertiary/aromatic N) is 2. The van der Waals surface area contributed by atoms with E-state index in [4.69, 9.17) is 11.6 Å². The Morgan fingerprint density at radius 1 is 1.73 bits per heavy atom. The van der Waals surface area contributed by atoms with Crippen LogP contribution in [0.4, 0.5) is 0 Å². The largest absolute Gasteiger partial charge is 0.265 e. The van der Waals surface area contributed by atoms with E-state index < -0.39 is 0 Å². The van der Waals surface area contributed by atoms with Gasteiger partial charge in [0, 0.05) is 6.20 Å². The molecule has 1 aliphatic carbocycles. The molecule has 0 amide bonds. The van der Waals surface area contributed by atoms with E-state index >= 15 is 0 Å². The van der Waals surface area contributed by atoms with Crippen LogP contribution in [0.3, 0.4) is 0 Å². The molecule has 0 aliphatic heterocycles. The van der Waals surface area contributed by atoms with Gasteiger partial charge in [0.25, 0.3) is 0 Å². The van der Waals surface area contributed by atoms with Crippen LogP contribution in [-0.2, 0) is 5.54 Å². The van der Waals surface area contributed by atoms with Gasteiger partial charge in [-0.05, 0) is 19.3 Å². The van der Waals surface area contributed by atoms with Crippen molar-refractivity contribution < 1.29 is 0 Å². The summed E-state index contributed by atoms with van der Waals surface area (Å²) >= 11 is 5.77. The molecule has 0 saturated heterocycles. The van der Waals surface area contributed by atoms with Crippen molar-refractivity contribution in [1.82, 2.24) is 9.78 Å². The van der Waals surface area contributed by atoms with Crippen molar-refractivity contribution in [1.29, 1.82) is 0 Å². The highest BCUT2D eigenvalue weighted by molar-refractivity contribution is 6.30. The van der Waals surface area contributed by atoms with Crippen LogP contribution in [0.25, 0.3) is 0 Å². The van der Waals surface area contributed by atoms with Crippen LogP contribution >= 0.6 is 11.6 Å². The summed E-state index contributed by atoms with van der Waals surface area (Å²) in [7, 11) is 0. The number of rotatable bonds is 2. The number of aromatic nitrogens is 2. The minimum atomic E-state index is 0.327. The summed E-state index contributed by atoms with van der Waals surface area (Å²) in [6, 6.07) is 0. The molecule has 1 aliphatic rings. The van der Waals surface area contributed by atoms with E-state index in [1.54, 1.807) is 6.20 Å². The lowest BCUT2D eigenvalue weighted by atomic mass is 10.2. The lowest BCUT2D eigenvalue weighted by Gasteiger charge is -2.11. The topological polar surface area (TPSA) is 17.8 Å². The zero-order valence-electron chi connectivity index (χ0n) is 6.55. The maximum Gasteiger partial charge on any atom is 0.0785 e. The molecule has 0 radical (unpaired) electrons. The van der Waals surface area contributed by atoms with Crippen LogP contribution in [0, 0.1) is 0 Å². The second-order valence-corrected chi connectivity index (χ2v) is 3.62. The standard InChI is InChI=1S/C8H11ClN2/c1-2-8(3-4-8)11-6-7(9)5-10-11/h5-6H,2-4H2,1H3. The Kier molecular flexibility index (Phi) is 1.46. The molecule has 0 spiro atoms. The molecule has 11 heavy (non-hydrogen) atoms. The predicted octanol–water partition coefficient (Wildman–Crippen LogP) is 2.44. The van der Waals surface area contributed by atoms with Gasteiger partial charge in [0.15, 0.2) is 0 Å². The van der Waals surface area contributed by atoms with Gasteiger partial charge in [-0.25, -0.2) is 0 Å². The first kappa shape index (κ1) is 7.17. The molecule has 1 heterocycles. The van der Waals surface area contributed by atoms with Crippen molar-refractivity contribution >= 4 is 11.6 Å². The van der Waals surface area contributed by atoms with E-state index in [9.17, 15) is 0 Å². The lowest BCUT2D eigenvalue weighted by Crippen LogP contribution is -2.15. The molecule has 2 rings (SSSR count). The minimum Gasteiger partial charge on any atom is -0.265 e. The minimum absolute atomic E-state index is 0.327. The Morgan fingerprint density at radius 2 is 2.45 bits per heavy atom. The Hall–Kier alpha value is -0.500. The van der Waals surface area contributed by atoms with E-state index in [1.165, 1.54) is 12.8 Å². The van der Waals surface area contributed by atoms with Gasteiger partial charge in [0.1, 0.15) is 0 Å². The van der Waals surface area contributed by atoms with Gasteiger partial charge in [-0.2, -0.15) is 5.10 Å². The summed E-state index contributed by atoms with van der Waals surface area (Å²) < 4.78 is 2.01. The molecule has 2 nitrogen and oxygen atoms in total. The fourth-order valence-electron chi connectivity index (χ4n) is 1.45. The average Bonchev–Trinajstić information content (AvgIpc) is 2.70. The Balaban J connectivity index is 2.29. The second kappa shape index (κ2) is 2.24. The van der Waals surface area contributed by atoms with E-state index in [0.29, 0.717) is 5.54 Å². The van der Waals surface area contributed by atoms with Crippen molar-refractivity contribution in [2.75, 3.05) is 0 Å². The van der Waals surface area contributed by atoms with Crippen molar-refractivity contribution in [3.05, 3.63) is 17.4 Å². The molecular weight excluding hydrogens is 160 g/mol. The molecule has 1 aromatic rings. The van der Waals surface area contributed by atoms with E-state index in [1.807, 2.05) is 10.9 Å². The van der Waals surface area contributed by atoms with Gasteiger partial charge in [-0.1, -0.05) is 18.5 Å². The molecule has 0 bridgehead atoms. The Morgan fingerprint density at radius 3 is 2.82 bits per heavy atom. The highest BCUT2D eigenvalue weighted by Gasteiger charge is 2.43. The summed E-state index contributed by atoms with van der Waals surface area (Å²) in [5, 5.41) is 4.95. The normalized spacial score (nSPS) is 20.2. The molecular formula is C8H11ClN2. The first-order valence-corrected chi connectivity index (χ1v) is 4.35. The van der Waals surface area contributed by atoms with E-state index in [-0.39, 0.29) is 0 Å². The lowest BCUT2D eigenvalue weighted by molar-refractivity contribution is 0.418. The first-order chi connectivity index (χ1) is 5.27. The van der Waals surface area contributed by atoms with Gasteiger partial charge >= 0.3 is 0 Å². The fraction of sp³-hybridized carbons (Fsp3) is 0.625. The third kappa shape index (κ3) is 1.06. The molecule has 0 N–H and O–H groups in total.